The summed E-state index contributed by atoms with van der Waals surface area (Å²) in [6.45, 7) is 2.29. The highest BCUT2D eigenvalue weighted by Crippen LogP contribution is 2.30. The van der Waals surface area contributed by atoms with Crippen molar-refractivity contribution in [1.29, 1.82) is 0 Å². The fourth-order valence-electron chi connectivity index (χ4n) is 3.38. The summed E-state index contributed by atoms with van der Waals surface area (Å²) in [6.07, 6.45) is 2.67. The van der Waals surface area contributed by atoms with Crippen LogP contribution in [0, 0.1) is 0 Å². The van der Waals surface area contributed by atoms with Crippen LogP contribution in [0.3, 0.4) is 0 Å². The Balaban J connectivity index is 1.41. The minimum Gasteiger partial charge on any atom is -0.464 e. The molecule has 2 saturated heterocycles. The molecule has 1 aromatic carbocycles. The number of hydrogen-bond acceptors (Lipinski definition) is 6. The van der Waals surface area contributed by atoms with E-state index in [2.05, 4.69) is 15.0 Å². The normalized spacial score (nSPS) is 23.1. The van der Waals surface area contributed by atoms with Crippen molar-refractivity contribution < 1.29 is 14.1 Å². The highest BCUT2D eigenvalue weighted by Gasteiger charge is 2.35. The number of hydrogen-bond donors (Lipinski definition) is 0. The van der Waals surface area contributed by atoms with Crippen molar-refractivity contribution in [2.75, 3.05) is 19.7 Å². The second-order valence-corrected chi connectivity index (χ2v) is 6.10. The molecule has 23 heavy (non-hydrogen) atoms. The van der Waals surface area contributed by atoms with Crippen molar-refractivity contribution in [3.8, 4) is 11.4 Å². The van der Waals surface area contributed by atoms with Crippen molar-refractivity contribution in [1.82, 2.24) is 15.0 Å². The van der Waals surface area contributed by atoms with Gasteiger partial charge in [0.15, 0.2) is 0 Å². The lowest BCUT2D eigenvalue weighted by Gasteiger charge is -2.32. The van der Waals surface area contributed by atoms with Crippen molar-refractivity contribution in [3.05, 3.63) is 36.2 Å². The van der Waals surface area contributed by atoms with E-state index < -0.39 is 0 Å². The molecule has 2 aliphatic rings. The van der Waals surface area contributed by atoms with Crippen molar-refractivity contribution in [2.24, 2.45) is 0 Å². The van der Waals surface area contributed by atoms with Crippen LogP contribution < -0.4 is 0 Å². The molecule has 0 amide bonds. The van der Waals surface area contributed by atoms with Crippen LogP contribution >= 0.6 is 0 Å². The minimum absolute atomic E-state index is 0.0569. The molecule has 2 aromatic rings. The van der Waals surface area contributed by atoms with Gasteiger partial charge in [0.2, 0.25) is 11.7 Å². The number of carbonyl (C=O) groups is 1. The van der Waals surface area contributed by atoms with Crippen LogP contribution in [0.1, 0.15) is 31.1 Å². The third-order valence-corrected chi connectivity index (χ3v) is 4.70. The molecule has 0 saturated carbocycles. The molecule has 0 bridgehead atoms. The molecule has 0 N–H and O–H groups in total. The predicted molar refractivity (Wildman–Crippen MR) is 82.6 cm³/mol. The van der Waals surface area contributed by atoms with E-state index in [0.29, 0.717) is 18.3 Å². The van der Waals surface area contributed by atoms with Gasteiger partial charge < -0.3 is 9.26 Å². The Hall–Kier alpha value is -2.21. The highest BCUT2D eigenvalue weighted by atomic mass is 16.5. The highest BCUT2D eigenvalue weighted by molar-refractivity contribution is 5.77. The summed E-state index contributed by atoms with van der Waals surface area (Å²) in [4.78, 5) is 18.5. The molecule has 0 aliphatic carbocycles. The molecule has 120 valence electrons. The zero-order valence-electron chi connectivity index (χ0n) is 12.9. The van der Waals surface area contributed by atoms with Crippen LogP contribution in [0.15, 0.2) is 34.9 Å². The topological polar surface area (TPSA) is 68.5 Å². The molecule has 0 radical (unpaired) electrons. The summed E-state index contributed by atoms with van der Waals surface area (Å²) in [7, 11) is 0. The van der Waals surface area contributed by atoms with Crippen LogP contribution in [-0.2, 0) is 9.53 Å². The van der Waals surface area contributed by atoms with Gasteiger partial charge >= 0.3 is 5.97 Å². The molecule has 2 aliphatic heterocycles. The first-order chi connectivity index (χ1) is 11.3. The molecule has 4 rings (SSSR count). The third kappa shape index (κ3) is 2.86. The van der Waals surface area contributed by atoms with E-state index in [1.165, 1.54) is 0 Å². The maximum Gasteiger partial charge on any atom is 0.323 e. The fourth-order valence-corrected chi connectivity index (χ4v) is 3.38. The monoisotopic (exact) mass is 313 g/mol. The molecule has 2 fully saturated rings. The van der Waals surface area contributed by atoms with Crippen LogP contribution in [0.5, 0.6) is 0 Å². The van der Waals surface area contributed by atoms with E-state index in [-0.39, 0.29) is 17.9 Å². The Morgan fingerprint density at radius 3 is 2.57 bits per heavy atom. The summed E-state index contributed by atoms with van der Waals surface area (Å²) in [6, 6.07) is 9.79. The predicted octanol–water partition coefficient (Wildman–Crippen LogP) is 2.23. The largest absolute Gasteiger partial charge is 0.464 e. The van der Waals surface area contributed by atoms with Crippen molar-refractivity contribution in [3.63, 3.8) is 0 Å². The lowest BCUT2D eigenvalue weighted by atomic mass is 9.95. The van der Waals surface area contributed by atoms with Gasteiger partial charge in [-0.2, -0.15) is 4.98 Å². The number of ether oxygens (including phenoxy) is 1. The van der Waals surface area contributed by atoms with E-state index in [1.54, 1.807) is 0 Å². The zero-order valence-corrected chi connectivity index (χ0v) is 12.9. The Kier molecular flexibility index (Phi) is 3.83. The molecular weight excluding hydrogens is 294 g/mol. The number of cyclic esters (lactones) is 1. The number of nitrogens with zero attached hydrogens (tertiary/aromatic N) is 3. The maximum absolute atomic E-state index is 11.7. The molecule has 1 aromatic heterocycles. The van der Waals surface area contributed by atoms with Gasteiger partial charge in [0, 0.05) is 17.9 Å². The second kappa shape index (κ2) is 6.12. The molecule has 0 unspecified atom stereocenters. The average Bonchev–Trinajstić information content (AvgIpc) is 3.25. The summed E-state index contributed by atoms with van der Waals surface area (Å²) in [5, 5.41) is 4.10. The van der Waals surface area contributed by atoms with Gasteiger partial charge in [-0.3, -0.25) is 9.69 Å². The van der Waals surface area contributed by atoms with E-state index in [0.717, 1.165) is 37.9 Å². The van der Waals surface area contributed by atoms with Gasteiger partial charge in [0.1, 0.15) is 6.04 Å². The van der Waals surface area contributed by atoms with Gasteiger partial charge in [-0.05, 0) is 25.9 Å². The van der Waals surface area contributed by atoms with E-state index >= 15 is 0 Å². The smallest absolute Gasteiger partial charge is 0.323 e. The summed E-state index contributed by atoms with van der Waals surface area (Å²) >= 11 is 0. The Morgan fingerprint density at radius 1 is 1.09 bits per heavy atom. The fraction of sp³-hybridized carbons (Fsp3) is 0.471. The molecular formula is C17H19N3O3. The van der Waals surface area contributed by atoms with Crippen LogP contribution in [0.4, 0.5) is 0 Å². The maximum atomic E-state index is 11.7. The number of benzene rings is 1. The second-order valence-electron chi connectivity index (χ2n) is 6.10. The van der Waals surface area contributed by atoms with Gasteiger partial charge in [-0.15, -0.1) is 0 Å². The first-order valence-electron chi connectivity index (χ1n) is 8.11. The summed E-state index contributed by atoms with van der Waals surface area (Å²) in [5.74, 6) is 1.54. The quantitative estimate of drug-likeness (QED) is 0.810. The van der Waals surface area contributed by atoms with E-state index in [9.17, 15) is 4.79 Å². The van der Waals surface area contributed by atoms with Gasteiger partial charge in [-0.1, -0.05) is 35.5 Å². The minimum atomic E-state index is -0.0763. The van der Waals surface area contributed by atoms with E-state index in [4.69, 9.17) is 9.26 Å². The Labute approximate surface area is 134 Å². The lowest BCUT2D eigenvalue weighted by Crippen LogP contribution is -2.43. The number of likely N-dealkylation sites (tertiary alicyclic amines) is 1. The molecule has 1 atom stereocenters. The summed E-state index contributed by atoms with van der Waals surface area (Å²) < 4.78 is 10.5. The number of aromatic nitrogens is 2. The zero-order chi connectivity index (χ0) is 15.6. The van der Waals surface area contributed by atoms with Crippen molar-refractivity contribution in [2.45, 2.75) is 31.2 Å². The van der Waals surface area contributed by atoms with Gasteiger partial charge in [0.25, 0.3) is 0 Å². The number of piperidine rings is 1. The van der Waals surface area contributed by atoms with Crippen molar-refractivity contribution >= 4 is 5.97 Å². The SMILES string of the molecule is O=C1OCC[C@@H]1N1CCC(c2nc(-c3ccccc3)no2)CC1. The van der Waals surface area contributed by atoms with Gasteiger partial charge in [0.05, 0.1) is 6.61 Å². The first kappa shape index (κ1) is 14.4. The molecule has 6 nitrogen and oxygen atoms in total. The van der Waals surface area contributed by atoms with Gasteiger partial charge in [-0.25, -0.2) is 0 Å². The van der Waals surface area contributed by atoms with E-state index in [1.807, 2.05) is 30.3 Å². The average molecular weight is 313 g/mol. The Bertz CT molecular complexity index is 677. The molecule has 3 heterocycles. The third-order valence-electron chi connectivity index (χ3n) is 4.70. The summed E-state index contributed by atoms with van der Waals surface area (Å²) in [5.41, 5.74) is 0.966. The standard InChI is InChI=1S/C17H19N3O3/c21-17-14(8-11-22-17)20-9-6-13(7-10-20)16-18-15(19-23-16)12-4-2-1-3-5-12/h1-5,13-14H,6-11H2/t14-/m0/s1. The van der Waals surface area contributed by atoms with Crippen LogP contribution in [0.25, 0.3) is 11.4 Å². The number of carbonyl (C=O) groups excluding carboxylic acids is 1. The number of esters is 1. The Morgan fingerprint density at radius 2 is 1.87 bits per heavy atom. The number of rotatable bonds is 3. The molecule has 0 spiro atoms. The van der Waals surface area contributed by atoms with Crippen LogP contribution in [0.2, 0.25) is 0 Å². The molecule has 6 heteroatoms. The lowest BCUT2D eigenvalue weighted by molar-refractivity contribution is -0.142. The van der Waals surface area contributed by atoms with Crippen LogP contribution in [-0.4, -0.2) is 46.7 Å². The first-order valence-corrected chi connectivity index (χ1v) is 8.11.